The first-order chi connectivity index (χ1) is 15.1. The normalized spacial score (nSPS) is 14.5. The number of methoxy groups -OCH3 is 1. The van der Waals surface area contributed by atoms with Crippen molar-refractivity contribution in [2.24, 2.45) is 5.73 Å². The average molecular weight is 419 g/mol. The number of aromatic amines is 1. The summed E-state index contributed by atoms with van der Waals surface area (Å²) in [6.45, 7) is 2.78. The number of nitrogens with zero attached hydrogens (tertiary/aromatic N) is 2. The van der Waals surface area contributed by atoms with Gasteiger partial charge in [-0.1, -0.05) is 6.07 Å². The fraction of sp³-hybridized carbons (Fsp3) is 0.217. The number of halogens is 1. The Morgan fingerprint density at radius 3 is 2.94 bits per heavy atom. The molecule has 4 N–H and O–H groups in total. The third-order valence-electron chi connectivity index (χ3n) is 5.61. The molecule has 31 heavy (non-hydrogen) atoms. The van der Waals surface area contributed by atoms with Crippen LogP contribution in [0.5, 0.6) is 5.75 Å². The summed E-state index contributed by atoms with van der Waals surface area (Å²) >= 11 is 0. The van der Waals surface area contributed by atoms with E-state index in [1.165, 1.54) is 6.07 Å². The van der Waals surface area contributed by atoms with Crippen LogP contribution >= 0.6 is 0 Å². The number of rotatable bonds is 5. The molecule has 0 saturated heterocycles. The summed E-state index contributed by atoms with van der Waals surface area (Å²) in [5, 5.41) is 11.8. The number of fused-ring (bicyclic) bond motifs is 4. The zero-order chi connectivity index (χ0) is 21.5. The molecule has 7 nitrogen and oxygen atoms in total. The van der Waals surface area contributed by atoms with Crippen molar-refractivity contribution in [3.8, 4) is 5.75 Å². The molecule has 0 bridgehead atoms. The van der Waals surface area contributed by atoms with E-state index in [1.807, 2.05) is 25.1 Å². The molecule has 3 heterocycles. The van der Waals surface area contributed by atoms with E-state index in [9.17, 15) is 4.39 Å². The van der Waals surface area contributed by atoms with Crippen molar-refractivity contribution >= 4 is 33.1 Å². The molecule has 0 unspecified atom stereocenters. The molecule has 158 valence electrons. The Morgan fingerprint density at radius 1 is 1.23 bits per heavy atom. The van der Waals surface area contributed by atoms with Crippen molar-refractivity contribution in [2.45, 2.75) is 13.0 Å². The molecule has 1 aliphatic rings. The van der Waals surface area contributed by atoms with Crippen LogP contribution in [0.3, 0.4) is 0 Å². The number of aromatic nitrogens is 3. The predicted molar refractivity (Wildman–Crippen MR) is 118 cm³/mol. The van der Waals surface area contributed by atoms with Gasteiger partial charge in [-0.15, -0.1) is 0 Å². The van der Waals surface area contributed by atoms with E-state index in [0.717, 1.165) is 33.3 Å². The van der Waals surface area contributed by atoms with Crippen LogP contribution in [-0.4, -0.2) is 41.5 Å². The number of benzene rings is 2. The zero-order valence-corrected chi connectivity index (χ0v) is 17.2. The van der Waals surface area contributed by atoms with Crippen LogP contribution in [-0.2, 0) is 4.74 Å². The lowest BCUT2D eigenvalue weighted by Gasteiger charge is -2.26. The van der Waals surface area contributed by atoms with Crippen LogP contribution in [0.25, 0.3) is 27.4 Å². The Balaban J connectivity index is 1.74. The minimum absolute atomic E-state index is 0.0735. The first-order valence-electron chi connectivity index (χ1n) is 10.0. The first kappa shape index (κ1) is 19.3. The number of hydrogen-bond donors (Lipinski definition) is 3. The van der Waals surface area contributed by atoms with E-state index in [1.54, 1.807) is 25.6 Å². The van der Waals surface area contributed by atoms with Gasteiger partial charge in [0.05, 0.1) is 24.5 Å². The van der Waals surface area contributed by atoms with Crippen molar-refractivity contribution in [2.75, 3.05) is 25.6 Å². The quantitative estimate of drug-likeness (QED) is 0.455. The smallest absolute Gasteiger partial charge is 0.148 e. The monoisotopic (exact) mass is 419 g/mol. The highest BCUT2D eigenvalue weighted by Gasteiger charge is 2.25. The molecule has 1 atom stereocenters. The lowest BCUT2D eigenvalue weighted by Crippen LogP contribution is -2.21. The molecule has 0 fully saturated rings. The van der Waals surface area contributed by atoms with Crippen molar-refractivity contribution in [1.29, 1.82) is 0 Å². The van der Waals surface area contributed by atoms with Gasteiger partial charge in [-0.05, 0) is 36.8 Å². The number of pyridine rings is 1. The van der Waals surface area contributed by atoms with Crippen molar-refractivity contribution in [3.05, 3.63) is 65.4 Å². The summed E-state index contributed by atoms with van der Waals surface area (Å²) in [5.74, 6) is 0.280. The van der Waals surface area contributed by atoms with Crippen molar-refractivity contribution in [1.82, 2.24) is 15.2 Å². The van der Waals surface area contributed by atoms with Gasteiger partial charge in [-0.3, -0.25) is 10.1 Å². The van der Waals surface area contributed by atoms with E-state index in [4.69, 9.17) is 15.2 Å². The minimum atomic E-state index is -0.357. The lowest BCUT2D eigenvalue weighted by molar-refractivity contribution is 0.0721. The largest absolute Gasteiger partial charge is 0.489 e. The highest BCUT2D eigenvalue weighted by Crippen LogP contribution is 2.43. The molecule has 0 radical (unpaired) electrons. The van der Waals surface area contributed by atoms with Gasteiger partial charge in [0, 0.05) is 40.9 Å². The van der Waals surface area contributed by atoms with Gasteiger partial charge in [0.15, 0.2) is 0 Å². The number of nitrogens with two attached hydrogens (primary N) is 1. The molecular formula is C23H22FN5O2. The highest BCUT2D eigenvalue weighted by atomic mass is 19.1. The standard InChI is InChI=1S/C23H22FN5O2/c1-12(30-2)11-31-19-8-15-20(13-5-6-17(24)22-16(13)9-28-29-22)18(25)10-27-21(15)14-4-3-7-26-23(14)19/h3-9,12,27H,10-11,25H2,1-2H3,(H,28,29)/t12-/m1/s1. The number of hydrogen-bond acceptors (Lipinski definition) is 6. The fourth-order valence-corrected chi connectivity index (χ4v) is 3.98. The fourth-order valence-electron chi connectivity index (χ4n) is 3.98. The maximum absolute atomic E-state index is 14.3. The van der Waals surface area contributed by atoms with Crippen LogP contribution in [0.1, 0.15) is 18.1 Å². The Bertz CT molecular complexity index is 1330. The molecule has 5 rings (SSSR count). The van der Waals surface area contributed by atoms with Crippen LogP contribution in [0.2, 0.25) is 0 Å². The van der Waals surface area contributed by atoms with E-state index in [-0.39, 0.29) is 11.9 Å². The second-order valence-electron chi connectivity index (χ2n) is 7.56. The molecule has 0 amide bonds. The lowest BCUT2D eigenvalue weighted by atomic mass is 9.88. The maximum Gasteiger partial charge on any atom is 0.148 e. The van der Waals surface area contributed by atoms with E-state index in [2.05, 4.69) is 20.5 Å². The van der Waals surface area contributed by atoms with Crippen molar-refractivity contribution in [3.63, 3.8) is 0 Å². The van der Waals surface area contributed by atoms with Gasteiger partial charge in [0.25, 0.3) is 0 Å². The second kappa shape index (κ2) is 7.55. The van der Waals surface area contributed by atoms with Gasteiger partial charge in [-0.2, -0.15) is 5.10 Å². The SMILES string of the molecule is CO[C@H](C)COc1cc2c(c3cccnc13)NCC(N)=C2c1ccc(F)c2[nH]ncc12. The summed E-state index contributed by atoms with van der Waals surface area (Å²) in [4.78, 5) is 4.55. The average Bonchev–Trinajstić information content (AvgIpc) is 3.29. The number of anilines is 1. The first-order valence-corrected chi connectivity index (χ1v) is 10.0. The zero-order valence-electron chi connectivity index (χ0n) is 17.2. The molecule has 0 aliphatic carbocycles. The molecule has 0 spiro atoms. The van der Waals surface area contributed by atoms with Gasteiger partial charge in [0.2, 0.25) is 0 Å². The molecule has 8 heteroatoms. The summed E-state index contributed by atoms with van der Waals surface area (Å²) in [6.07, 6.45) is 3.29. The summed E-state index contributed by atoms with van der Waals surface area (Å²) in [6, 6.07) is 9.00. The molecule has 2 aromatic heterocycles. The Kier molecular flexibility index (Phi) is 4.71. The minimum Gasteiger partial charge on any atom is -0.489 e. The van der Waals surface area contributed by atoms with Gasteiger partial charge in [0.1, 0.15) is 29.2 Å². The Hall–Kier alpha value is -3.65. The highest BCUT2D eigenvalue weighted by molar-refractivity contribution is 6.07. The summed E-state index contributed by atoms with van der Waals surface area (Å²) in [7, 11) is 1.65. The Morgan fingerprint density at radius 2 is 2.10 bits per heavy atom. The van der Waals surface area contributed by atoms with Gasteiger partial charge >= 0.3 is 0 Å². The van der Waals surface area contributed by atoms with Crippen molar-refractivity contribution < 1.29 is 13.9 Å². The third kappa shape index (κ3) is 3.16. The van der Waals surface area contributed by atoms with Crippen LogP contribution in [0.4, 0.5) is 10.1 Å². The van der Waals surface area contributed by atoms with E-state index >= 15 is 0 Å². The third-order valence-corrected chi connectivity index (χ3v) is 5.61. The van der Waals surface area contributed by atoms with Crippen LogP contribution < -0.4 is 15.8 Å². The second-order valence-corrected chi connectivity index (χ2v) is 7.56. The van der Waals surface area contributed by atoms with Gasteiger partial charge in [-0.25, -0.2) is 4.39 Å². The van der Waals surface area contributed by atoms with E-state index in [0.29, 0.717) is 35.5 Å². The topological polar surface area (TPSA) is 98.1 Å². The van der Waals surface area contributed by atoms with Gasteiger partial charge < -0.3 is 20.5 Å². The van der Waals surface area contributed by atoms with Crippen LogP contribution in [0.15, 0.2) is 48.4 Å². The molecule has 0 saturated carbocycles. The van der Waals surface area contributed by atoms with Crippen LogP contribution in [0, 0.1) is 5.82 Å². The predicted octanol–water partition coefficient (Wildman–Crippen LogP) is 3.81. The maximum atomic E-state index is 14.3. The van der Waals surface area contributed by atoms with E-state index < -0.39 is 0 Å². The number of ether oxygens (including phenoxy) is 2. The molecule has 2 aromatic carbocycles. The molecule has 4 aromatic rings. The Labute approximate surface area is 178 Å². The number of H-pyrrole nitrogens is 1. The molecular weight excluding hydrogens is 397 g/mol. The molecule has 1 aliphatic heterocycles. The number of nitrogens with one attached hydrogen (secondary N) is 2. The summed E-state index contributed by atoms with van der Waals surface area (Å²) in [5.41, 5.74) is 11.7. The summed E-state index contributed by atoms with van der Waals surface area (Å²) < 4.78 is 25.7.